The number of nitrogens with zero attached hydrogens (tertiary/aromatic N) is 1. The van der Waals surface area contributed by atoms with Crippen LogP contribution in [0.15, 0.2) is 18.2 Å². The molecule has 1 fully saturated rings. The van der Waals surface area contributed by atoms with Crippen LogP contribution in [-0.4, -0.2) is 12.1 Å². The summed E-state index contributed by atoms with van der Waals surface area (Å²) in [4.78, 5) is 0. The van der Waals surface area contributed by atoms with Crippen molar-refractivity contribution in [3.63, 3.8) is 0 Å². The van der Waals surface area contributed by atoms with Gasteiger partial charge in [0.2, 0.25) is 0 Å². The summed E-state index contributed by atoms with van der Waals surface area (Å²) in [5.41, 5.74) is 8.71. The molecule has 1 aromatic rings. The molecule has 2 rings (SSSR count). The van der Waals surface area contributed by atoms with Crippen LogP contribution in [0.2, 0.25) is 0 Å². The second kappa shape index (κ2) is 5.20. The lowest BCUT2D eigenvalue weighted by molar-refractivity contribution is 0.409. The Kier molecular flexibility index (Phi) is 3.65. The zero-order chi connectivity index (χ0) is 12.3. The zero-order valence-electron chi connectivity index (χ0n) is 10.2. The molecule has 0 aromatic heterocycles. The van der Waals surface area contributed by atoms with Gasteiger partial charge in [0.25, 0.3) is 0 Å². The molecular weight excluding hydrogens is 210 g/mol. The van der Waals surface area contributed by atoms with E-state index in [9.17, 15) is 0 Å². The first-order chi connectivity index (χ1) is 8.20. The standard InChI is InChI=1S/C14H19N3/c1-10-4-2-7-14(13(10)9-15)17-12-6-3-5-11(16)8-12/h2,4,7,11-12,17H,3,5-6,8,16H2,1H3. The fraction of sp³-hybridized carbons (Fsp3) is 0.500. The van der Waals surface area contributed by atoms with Gasteiger partial charge in [-0.05, 0) is 44.2 Å². The highest BCUT2D eigenvalue weighted by Gasteiger charge is 2.19. The summed E-state index contributed by atoms with van der Waals surface area (Å²) in [6.07, 6.45) is 4.44. The summed E-state index contributed by atoms with van der Waals surface area (Å²) in [6.45, 7) is 1.97. The van der Waals surface area contributed by atoms with Gasteiger partial charge in [0.05, 0.1) is 11.3 Å². The smallest absolute Gasteiger partial charge is 0.102 e. The molecule has 3 heteroatoms. The predicted molar refractivity (Wildman–Crippen MR) is 69.7 cm³/mol. The Hall–Kier alpha value is -1.53. The number of nitriles is 1. The van der Waals surface area contributed by atoms with Crippen LogP contribution < -0.4 is 11.1 Å². The average Bonchev–Trinajstić information content (AvgIpc) is 2.29. The lowest BCUT2D eigenvalue weighted by atomic mass is 9.91. The highest BCUT2D eigenvalue weighted by atomic mass is 14.9. The van der Waals surface area contributed by atoms with Crippen LogP contribution in [-0.2, 0) is 0 Å². The Bertz CT molecular complexity index is 434. The third-order valence-electron chi connectivity index (χ3n) is 3.46. The molecule has 17 heavy (non-hydrogen) atoms. The van der Waals surface area contributed by atoms with Gasteiger partial charge in [-0.1, -0.05) is 12.1 Å². The van der Waals surface area contributed by atoms with Gasteiger partial charge in [0, 0.05) is 12.1 Å². The number of hydrogen-bond donors (Lipinski definition) is 2. The number of rotatable bonds is 2. The number of nitrogens with one attached hydrogen (secondary N) is 1. The molecule has 90 valence electrons. The molecule has 0 aliphatic heterocycles. The van der Waals surface area contributed by atoms with Crippen molar-refractivity contribution in [3.05, 3.63) is 29.3 Å². The Balaban J connectivity index is 2.13. The molecule has 3 N–H and O–H groups in total. The summed E-state index contributed by atoms with van der Waals surface area (Å²) in [5, 5.41) is 12.6. The van der Waals surface area contributed by atoms with E-state index in [-0.39, 0.29) is 0 Å². The monoisotopic (exact) mass is 229 g/mol. The van der Waals surface area contributed by atoms with Crippen LogP contribution in [0.3, 0.4) is 0 Å². The topological polar surface area (TPSA) is 61.8 Å². The van der Waals surface area contributed by atoms with E-state index >= 15 is 0 Å². The molecule has 1 saturated carbocycles. The van der Waals surface area contributed by atoms with Crippen molar-refractivity contribution in [1.29, 1.82) is 5.26 Å². The van der Waals surface area contributed by atoms with Gasteiger partial charge in [0.15, 0.2) is 0 Å². The number of nitrogens with two attached hydrogens (primary N) is 1. The maximum absolute atomic E-state index is 9.17. The largest absolute Gasteiger partial charge is 0.381 e. The van der Waals surface area contributed by atoms with Gasteiger partial charge in [0.1, 0.15) is 6.07 Å². The summed E-state index contributed by atoms with van der Waals surface area (Å²) < 4.78 is 0. The molecule has 2 atom stereocenters. The minimum atomic E-state index is 0.302. The molecule has 1 aliphatic carbocycles. The van der Waals surface area contributed by atoms with Crippen molar-refractivity contribution in [3.8, 4) is 6.07 Å². The van der Waals surface area contributed by atoms with Crippen molar-refractivity contribution in [1.82, 2.24) is 0 Å². The van der Waals surface area contributed by atoms with Gasteiger partial charge in [-0.25, -0.2) is 0 Å². The highest BCUT2D eigenvalue weighted by Crippen LogP contribution is 2.24. The second-order valence-corrected chi connectivity index (χ2v) is 4.88. The minimum absolute atomic E-state index is 0.302. The van der Waals surface area contributed by atoms with Gasteiger partial charge in [-0.15, -0.1) is 0 Å². The maximum Gasteiger partial charge on any atom is 0.102 e. The van der Waals surface area contributed by atoms with Crippen molar-refractivity contribution >= 4 is 5.69 Å². The quantitative estimate of drug-likeness (QED) is 0.819. The first-order valence-electron chi connectivity index (χ1n) is 6.22. The van der Waals surface area contributed by atoms with E-state index in [0.29, 0.717) is 12.1 Å². The van der Waals surface area contributed by atoms with Crippen LogP contribution in [0.5, 0.6) is 0 Å². The second-order valence-electron chi connectivity index (χ2n) is 4.88. The third kappa shape index (κ3) is 2.78. The van der Waals surface area contributed by atoms with E-state index in [1.165, 1.54) is 6.42 Å². The number of benzene rings is 1. The van der Waals surface area contributed by atoms with Gasteiger partial charge in [-0.2, -0.15) is 5.26 Å². The fourth-order valence-corrected chi connectivity index (χ4v) is 2.52. The molecule has 1 aromatic carbocycles. The number of hydrogen-bond acceptors (Lipinski definition) is 3. The molecule has 3 nitrogen and oxygen atoms in total. The number of aryl methyl sites for hydroxylation is 1. The Labute approximate surface area is 103 Å². The molecular formula is C14H19N3. The first-order valence-corrected chi connectivity index (χ1v) is 6.22. The van der Waals surface area contributed by atoms with Crippen molar-refractivity contribution in [2.45, 2.75) is 44.7 Å². The molecule has 0 saturated heterocycles. The van der Waals surface area contributed by atoms with Crippen LogP contribution in [0.25, 0.3) is 0 Å². The van der Waals surface area contributed by atoms with E-state index in [4.69, 9.17) is 11.0 Å². The van der Waals surface area contributed by atoms with Gasteiger partial charge < -0.3 is 11.1 Å². The van der Waals surface area contributed by atoms with E-state index in [2.05, 4.69) is 11.4 Å². The number of anilines is 1. The Morgan fingerprint density at radius 3 is 2.94 bits per heavy atom. The molecule has 1 aliphatic rings. The van der Waals surface area contributed by atoms with Crippen LogP contribution in [0.1, 0.15) is 36.8 Å². The maximum atomic E-state index is 9.17. The van der Waals surface area contributed by atoms with E-state index in [1.54, 1.807) is 0 Å². The summed E-state index contributed by atoms with van der Waals surface area (Å²) >= 11 is 0. The highest BCUT2D eigenvalue weighted by molar-refractivity contribution is 5.61. The van der Waals surface area contributed by atoms with E-state index in [1.807, 2.05) is 25.1 Å². The molecule has 0 amide bonds. The van der Waals surface area contributed by atoms with Crippen LogP contribution in [0.4, 0.5) is 5.69 Å². The van der Waals surface area contributed by atoms with E-state index < -0.39 is 0 Å². The lowest BCUT2D eigenvalue weighted by Gasteiger charge is -2.28. The van der Waals surface area contributed by atoms with Gasteiger partial charge in [-0.3, -0.25) is 0 Å². The summed E-state index contributed by atoms with van der Waals surface area (Å²) in [6, 6.07) is 8.92. The molecule has 2 unspecified atom stereocenters. The molecule has 0 heterocycles. The SMILES string of the molecule is Cc1cccc(NC2CCCC(N)C2)c1C#N. The molecule has 0 radical (unpaired) electrons. The lowest BCUT2D eigenvalue weighted by Crippen LogP contribution is -2.35. The Morgan fingerprint density at radius 1 is 1.41 bits per heavy atom. The summed E-state index contributed by atoms with van der Waals surface area (Å²) in [5.74, 6) is 0. The zero-order valence-corrected chi connectivity index (χ0v) is 10.2. The first kappa shape index (κ1) is 11.9. The summed E-state index contributed by atoms with van der Waals surface area (Å²) in [7, 11) is 0. The third-order valence-corrected chi connectivity index (χ3v) is 3.46. The molecule has 0 spiro atoms. The van der Waals surface area contributed by atoms with Crippen molar-refractivity contribution in [2.75, 3.05) is 5.32 Å². The average molecular weight is 229 g/mol. The normalized spacial score (nSPS) is 24.1. The van der Waals surface area contributed by atoms with Crippen molar-refractivity contribution in [2.24, 2.45) is 5.73 Å². The van der Waals surface area contributed by atoms with Crippen LogP contribution >= 0.6 is 0 Å². The minimum Gasteiger partial charge on any atom is -0.381 e. The van der Waals surface area contributed by atoms with Crippen LogP contribution in [0, 0.1) is 18.3 Å². The molecule has 0 bridgehead atoms. The van der Waals surface area contributed by atoms with Gasteiger partial charge >= 0.3 is 0 Å². The predicted octanol–water partition coefficient (Wildman–Crippen LogP) is 2.55. The van der Waals surface area contributed by atoms with E-state index in [0.717, 1.165) is 36.1 Å². The van der Waals surface area contributed by atoms with Crippen molar-refractivity contribution < 1.29 is 0 Å². The fourth-order valence-electron chi connectivity index (χ4n) is 2.52. The Morgan fingerprint density at radius 2 is 2.24 bits per heavy atom.